The quantitative estimate of drug-likeness (QED) is 0.214. The number of ketones is 1. The third kappa shape index (κ3) is 7.86. The van der Waals surface area contributed by atoms with Gasteiger partial charge in [0, 0.05) is 58.1 Å². The van der Waals surface area contributed by atoms with E-state index < -0.39 is 30.2 Å². The van der Waals surface area contributed by atoms with Crippen molar-refractivity contribution in [1.29, 1.82) is 0 Å². The summed E-state index contributed by atoms with van der Waals surface area (Å²) in [5.74, 6) is -0.856. The van der Waals surface area contributed by atoms with E-state index in [1.165, 1.54) is 0 Å². The summed E-state index contributed by atoms with van der Waals surface area (Å²) in [6.45, 7) is 11.2. The van der Waals surface area contributed by atoms with Crippen LogP contribution in [0, 0.1) is 11.8 Å². The number of carbonyl (C=O) groups excluding carboxylic acids is 1. The number of Topliss-reactive ketones (excluding diaryl/α,β-unsaturated/α-hetero) is 1. The van der Waals surface area contributed by atoms with Crippen LogP contribution in [0.15, 0.2) is 24.3 Å². The highest BCUT2D eigenvalue weighted by Crippen LogP contribution is 2.51. The lowest BCUT2D eigenvalue weighted by atomic mass is 9.81. The molecule has 8 rings (SSSR count). The van der Waals surface area contributed by atoms with E-state index in [9.17, 15) is 15.0 Å². The number of nitrogens with two attached hydrogens (primary N) is 1. The van der Waals surface area contributed by atoms with E-state index in [0.29, 0.717) is 32.1 Å². The van der Waals surface area contributed by atoms with Gasteiger partial charge < -0.3 is 53.8 Å². The molecule has 8 fully saturated rings. The van der Waals surface area contributed by atoms with Crippen LogP contribution in [0.25, 0.3) is 0 Å². The number of alkyl halides is 1. The summed E-state index contributed by atoms with van der Waals surface area (Å²) in [5.41, 5.74) is 7.96. The molecule has 0 aromatic rings. The summed E-state index contributed by atoms with van der Waals surface area (Å²) in [4.78, 5) is 14.1. The molecule has 0 saturated carbocycles. The minimum atomic E-state index is -0.971. The van der Waals surface area contributed by atoms with Gasteiger partial charge >= 0.3 is 0 Å². The van der Waals surface area contributed by atoms with E-state index in [4.69, 9.17) is 43.6 Å². The Hall–Kier alpha value is -0.560. The monoisotopic (exact) mass is 857 g/mol. The number of aliphatic hydroxyl groups is 2. The Kier molecular flexibility index (Phi) is 11.9. The molecule has 53 heavy (non-hydrogen) atoms. The van der Waals surface area contributed by atoms with Gasteiger partial charge in [0.25, 0.3) is 0 Å². The summed E-state index contributed by atoms with van der Waals surface area (Å²) >= 11 is 2.39. The first-order valence-electron chi connectivity index (χ1n) is 20.2. The molecular formula is C40H60INO11. The molecule has 0 aromatic carbocycles. The Morgan fingerprint density at radius 3 is 2.43 bits per heavy atom. The molecule has 12 nitrogen and oxygen atoms in total. The molecule has 4 N–H and O–H groups in total. The van der Waals surface area contributed by atoms with Crippen LogP contribution in [0.2, 0.25) is 0 Å². The predicted molar refractivity (Wildman–Crippen MR) is 201 cm³/mol. The van der Waals surface area contributed by atoms with Crippen LogP contribution >= 0.6 is 22.6 Å². The number of carbonyl (C=O) groups is 1. The molecule has 0 aromatic heterocycles. The van der Waals surface area contributed by atoms with E-state index in [1.54, 1.807) is 7.11 Å². The summed E-state index contributed by atoms with van der Waals surface area (Å²) < 4.78 is 53.2. The average molecular weight is 858 g/mol. The van der Waals surface area contributed by atoms with Crippen molar-refractivity contribution in [2.45, 2.75) is 192 Å². The minimum absolute atomic E-state index is 0.0129. The molecule has 8 aliphatic rings. The molecule has 0 amide bonds. The van der Waals surface area contributed by atoms with Crippen molar-refractivity contribution in [3.05, 3.63) is 24.3 Å². The largest absolute Gasteiger partial charge is 0.392 e. The van der Waals surface area contributed by atoms with Crippen molar-refractivity contribution in [1.82, 2.24) is 0 Å². The first kappa shape index (κ1) is 39.3. The number of aliphatic hydroxyl groups excluding tert-OH is 2. The number of ether oxygens (including phenoxy) is 8. The molecule has 10 unspecified atom stereocenters. The highest BCUT2D eigenvalue weighted by molar-refractivity contribution is 14.1. The van der Waals surface area contributed by atoms with Crippen LogP contribution in [0.3, 0.4) is 0 Å². The molecule has 10 bridgehead atoms. The fourth-order valence-corrected chi connectivity index (χ4v) is 11.9. The Morgan fingerprint density at radius 2 is 1.64 bits per heavy atom. The van der Waals surface area contributed by atoms with Gasteiger partial charge in [0.2, 0.25) is 0 Å². The van der Waals surface area contributed by atoms with E-state index in [0.717, 1.165) is 49.7 Å². The third-order valence-corrected chi connectivity index (χ3v) is 15.1. The van der Waals surface area contributed by atoms with Gasteiger partial charge in [-0.15, -0.1) is 0 Å². The standard InChI is InChI=1S/C40H60INO11/c1-19-11-24-5-7-29-20(2)12-26(47-29)9-10-40-17-28(45)36(52-40)38-34(41)39(53-40)37-30(51-38)8-6-25(49-37)13-22(43)14-27-32(16-31(48-24)21(19)3)50-33(35(27)46-4)15-23(44)18-42/h19,23-39,44-45H,2-3,5-18,42H2,1,4H3/t19-,23?,24+,25?,26?,27?,28-,29+,30+,31-,32?,33-,34?,35-,36?,37?,38?,39?,40+/m1/s1. The number of halogens is 1. The number of fused-ring (bicyclic) bond motifs is 9. The number of methoxy groups -OCH3 is 1. The lowest BCUT2D eigenvalue weighted by molar-refractivity contribution is -0.274. The molecule has 19 atom stereocenters. The van der Waals surface area contributed by atoms with Crippen molar-refractivity contribution >= 4 is 28.4 Å². The van der Waals surface area contributed by atoms with Gasteiger partial charge in [-0.3, -0.25) is 4.79 Å². The summed E-state index contributed by atoms with van der Waals surface area (Å²) in [5, 5.41) is 21.8. The summed E-state index contributed by atoms with van der Waals surface area (Å²) in [6, 6.07) is 0. The highest BCUT2D eigenvalue weighted by Gasteiger charge is 2.62. The Bertz CT molecular complexity index is 1370. The molecular weight excluding hydrogens is 797 g/mol. The van der Waals surface area contributed by atoms with Crippen molar-refractivity contribution < 1.29 is 52.9 Å². The zero-order valence-electron chi connectivity index (χ0n) is 31.2. The zero-order valence-corrected chi connectivity index (χ0v) is 33.4. The third-order valence-electron chi connectivity index (χ3n) is 13.6. The number of rotatable bonds is 4. The van der Waals surface area contributed by atoms with Gasteiger partial charge in [0.05, 0.1) is 71.1 Å². The van der Waals surface area contributed by atoms with E-state index in [-0.39, 0.29) is 108 Å². The van der Waals surface area contributed by atoms with Crippen LogP contribution in [0.4, 0.5) is 0 Å². The van der Waals surface area contributed by atoms with Crippen LogP contribution in [0.5, 0.6) is 0 Å². The number of hydrogen-bond acceptors (Lipinski definition) is 12. The fourth-order valence-electron chi connectivity index (χ4n) is 10.8. The maximum absolute atomic E-state index is 14.1. The normalized spacial score (nSPS) is 51.1. The van der Waals surface area contributed by atoms with E-state index in [2.05, 4.69) is 42.7 Å². The van der Waals surface area contributed by atoms with E-state index in [1.807, 2.05) is 0 Å². The van der Waals surface area contributed by atoms with Crippen molar-refractivity contribution in [3.8, 4) is 0 Å². The van der Waals surface area contributed by atoms with Gasteiger partial charge in [0.1, 0.15) is 30.2 Å². The molecule has 8 aliphatic heterocycles. The van der Waals surface area contributed by atoms with Gasteiger partial charge in [-0.1, -0.05) is 42.7 Å². The second-order valence-corrected chi connectivity index (χ2v) is 18.7. The van der Waals surface area contributed by atoms with Crippen molar-refractivity contribution in [3.63, 3.8) is 0 Å². The maximum atomic E-state index is 14.1. The highest BCUT2D eigenvalue weighted by atomic mass is 127. The van der Waals surface area contributed by atoms with Gasteiger partial charge in [-0.2, -0.15) is 0 Å². The van der Waals surface area contributed by atoms with Crippen LogP contribution < -0.4 is 5.73 Å². The Labute approximate surface area is 327 Å². The molecule has 1 spiro atoms. The molecule has 13 heteroatoms. The molecule has 0 radical (unpaired) electrons. The fraction of sp³-hybridized carbons (Fsp3) is 0.875. The van der Waals surface area contributed by atoms with Gasteiger partial charge in [-0.05, 0) is 62.0 Å². The van der Waals surface area contributed by atoms with Crippen LogP contribution in [0.1, 0.15) is 90.4 Å². The Balaban J connectivity index is 1.07. The molecule has 298 valence electrons. The smallest absolute Gasteiger partial charge is 0.172 e. The maximum Gasteiger partial charge on any atom is 0.172 e. The van der Waals surface area contributed by atoms with Crippen LogP contribution in [-0.2, 0) is 42.7 Å². The Morgan fingerprint density at radius 1 is 0.887 bits per heavy atom. The second-order valence-electron chi connectivity index (χ2n) is 17.3. The minimum Gasteiger partial charge on any atom is -0.392 e. The topological polar surface area (TPSA) is 157 Å². The van der Waals surface area contributed by atoms with Crippen molar-refractivity contribution in [2.24, 2.45) is 17.6 Å². The van der Waals surface area contributed by atoms with E-state index >= 15 is 0 Å². The molecule has 8 saturated heterocycles. The predicted octanol–water partition coefficient (Wildman–Crippen LogP) is 3.84. The first-order valence-corrected chi connectivity index (χ1v) is 21.4. The zero-order chi connectivity index (χ0) is 37.2. The van der Waals surface area contributed by atoms with Crippen molar-refractivity contribution in [2.75, 3.05) is 13.7 Å². The molecule has 0 aliphatic carbocycles. The first-order chi connectivity index (χ1) is 25.4. The molecule has 8 heterocycles. The lowest BCUT2D eigenvalue weighted by Crippen LogP contribution is -2.63. The van der Waals surface area contributed by atoms with Gasteiger partial charge in [0.15, 0.2) is 5.79 Å². The lowest BCUT2D eigenvalue weighted by Gasteiger charge is -2.49. The number of hydrogen-bond donors (Lipinski definition) is 3. The summed E-state index contributed by atoms with van der Waals surface area (Å²) in [7, 11) is 1.65. The summed E-state index contributed by atoms with van der Waals surface area (Å²) in [6.07, 6.45) is 2.99. The average Bonchev–Trinajstić information content (AvgIpc) is 3.75. The SMILES string of the molecule is C=C1CC2CC[C@]34C[C@@H](O)C(O3)C3O[C@H]5CCC(CC(=O)CC6C(C[C@H]7O[C@@H](CC[C@@H]1O2)C[C@@H](C)C7=C)O[C@H](CC(O)CN)[C@@H]6OC)OC5C(O4)C3I. The van der Waals surface area contributed by atoms with Gasteiger partial charge in [-0.25, -0.2) is 0 Å². The second kappa shape index (κ2) is 16.0. The van der Waals surface area contributed by atoms with Crippen LogP contribution in [-0.4, -0.2) is 131 Å².